The number of hydrogen-bond acceptors (Lipinski definition) is 5. The first-order valence-electron chi connectivity index (χ1n) is 10.8. The van der Waals surface area contributed by atoms with Crippen molar-refractivity contribution in [1.82, 2.24) is 14.8 Å². The molecule has 2 aliphatic rings. The van der Waals surface area contributed by atoms with Gasteiger partial charge in [-0.1, -0.05) is 24.3 Å². The molecule has 30 heavy (non-hydrogen) atoms. The highest BCUT2D eigenvalue weighted by Gasteiger charge is 2.26. The van der Waals surface area contributed by atoms with E-state index in [1.807, 2.05) is 48.7 Å². The summed E-state index contributed by atoms with van der Waals surface area (Å²) >= 11 is 0. The van der Waals surface area contributed by atoms with E-state index in [4.69, 9.17) is 4.74 Å². The maximum atomic E-state index is 13.0. The van der Waals surface area contributed by atoms with Crippen LogP contribution in [-0.2, 0) is 0 Å². The van der Waals surface area contributed by atoms with Crippen LogP contribution in [-0.4, -0.2) is 66.9 Å². The maximum absolute atomic E-state index is 13.0. The number of ether oxygens (including phenoxy) is 1. The molecule has 1 aliphatic heterocycles. The number of rotatable bonds is 6. The first kappa shape index (κ1) is 19.2. The third-order valence-corrected chi connectivity index (χ3v) is 6.28. The van der Waals surface area contributed by atoms with Crippen LogP contribution in [0.25, 0.3) is 22.0 Å². The summed E-state index contributed by atoms with van der Waals surface area (Å²) in [7, 11) is 2.19. The number of benzene rings is 2. The van der Waals surface area contributed by atoms with Gasteiger partial charge >= 0.3 is 0 Å². The molecule has 0 unspecified atom stereocenters. The molecule has 5 rings (SSSR count). The molecular weight excluding hydrogens is 374 g/mol. The lowest BCUT2D eigenvalue weighted by Crippen LogP contribution is -2.44. The van der Waals surface area contributed by atoms with Crippen molar-refractivity contribution in [2.45, 2.75) is 12.8 Å². The Morgan fingerprint density at radius 2 is 1.73 bits per heavy atom. The highest BCUT2D eigenvalue weighted by Crippen LogP contribution is 2.40. The predicted octanol–water partition coefficient (Wildman–Crippen LogP) is 3.85. The lowest BCUT2D eigenvalue weighted by Gasteiger charge is -2.32. The quantitative estimate of drug-likeness (QED) is 0.459. The molecule has 1 fully saturated rings. The average molecular weight is 402 g/mol. The van der Waals surface area contributed by atoms with E-state index in [0.29, 0.717) is 12.2 Å². The van der Waals surface area contributed by atoms with Crippen LogP contribution in [0.3, 0.4) is 0 Å². The molecule has 0 saturated carbocycles. The monoisotopic (exact) mass is 401 g/mol. The molecule has 2 aromatic carbocycles. The molecule has 5 heteroatoms. The summed E-state index contributed by atoms with van der Waals surface area (Å²) in [6.45, 7) is 6.46. The Hall–Kier alpha value is -2.76. The van der Waals surface area contributed by atoms with Crippen LogP contribution in [0.4, 0.5) is 0 Å². The summed E-state index contributed by atoms with van der Waals surface area (Å²) in [6, 6.07) is 13.5. The van der Waals surface area contributed by atoms with E-state index in [9.17, 15) is 4.79 Å². The van der Waals surface area contributed by atoms with Gasteiger partial charge < -0.3 is 14.5 Å². The van der Waals surface area contributed by atoms with Crippen molar-refractivity contribution in [1.29, 1.82) is 0 Å². The van der Waals surface area contributed by atoms with Gasteiger partial charge in [-0.2, -0.15) is 0 Å². The van der Waals surface area contributed by atoms with Crippen molar-refractivity contribution in [2.24, 2.45) is 0 Å². The van der Waals surface area contributed by atoms with Crippen LogP contribution in [0.5, 0.6) is 5.75 Å². The summed E-state index contributed by atoms with van der Waals surface area (Å²) in [4.78, 5) is 22.5. The Bertz CT molecular complexity index is 1090. The molecule has 0 amide bonds. The van der Waals surface area contributed by atoms with E-state index < -0.39 is 0 Å². The molecule has 0 N–H and O–H groups in total. The zero-order chi connectivity index (χ0) is 20.5. The zero-order valence-electron chi connectivity index (χ0n) is 17.4. The third-order valence-electron chi connectivity index (χ3n) is 6.28. The van der Waals surface area contributed by atoms with Crippen molar-refractivity contribution in [2.75, 3.05) is 46.4 Å². The highest BCUT2D eigenvalue weighted by atomic mass is 16.5. The number of nitrogens with zero attached hydrogens (tertiary/aromatic N) is 3. The normalized spacial score (nSPS) is 16.6. The highest BCUT2D eigenvalue weighted by molar-refractivity contribution is 6.25. The zero-order valence-corrected chi connectivity index (χ0v) is 17.4. The fourth-order valence-electron chi connectivity index (χ4n) is 4.51. The number of carbonyl (C=O) groups is 1. The van der Waals surface area contributed by atoms with Gasteiger partial charge in [-0.3, -0.25) is 9.78 Å². The topological polar surface area (TPSA) is 45.7 Å². The SMILES string of the molecule is CN1CCN(CCCCOc2ccc3c4c(nccc24)-c2ccccc2C3=O)CC1. The van der Waals surface area contributed by atoms with Crippen LogP contribution in [0.15, 0.2) is 48.7 Å². The van der Waals surface area contributed by atoms with Crippen LogP contribution < -0.4 is 4.74 Å². The second-order valence-electron chi connectivity index (χ2n) is 8.27. The third kappa shape index (κ3) is 3.48. The van der Waals surface area contributed by atoms with Crippen molar-refractivity contribution in [3.63, 3.8) is 0 Å². The Morgan fingerprint density at radius 3 is 2.57 bits per heavy atom. The summed E-state index contributed by atoms with van der Waals surface area (Å²) in [5.74, 6) is 0.902. The molecule has 0 spiro atoms. The molecule has 0 atom stereocenters. The molecular formula is C25H27N3O2. The van der Waals surface area contributed by atoms with Crippen molar-refractivity contribution >= 4 is 16.6 Å². The minimum atomic E-state index is 0.0647. The molecule has 5 nitrogen and oxygen atoms in total. The van der Waals surface area contributed by atoms with Gasteiger partial charge in [0.25, 0.3) is 0 Å². The molecule has 1 saturated heterocycles. The van der Waals surface area contributed by atoms with Crippen LogP contribution in [0.2, 0.25) is 0 Å². The minimum Gasteiger partial charge on any atom is -0.493 e. The number of ketones is 1. The fourth-order valence-corrected chi connectivity index (χ4v) is 4.51. The standard InChI is InChI=1S/C25H27N3O2/c1-27-13-15-28(16-14-27)12-4-5-17-30-22-9-8-21-23-20(22)10-11-26-24(23)18-6-2-3-7-19(18)25(21)29/h2-3,6-11H,4-5,12-17H2,1H3. The smallest absolute Gasteiger partial charge is 0.194 e. The summed E-state index contributed by atoms with van der Waals surface area (Å²) in [6.07, 6.45) is 3.97. The Balaban J connectivity index is 1.30. The van der Waals surface area contributed by atoms with Gasteiger partial charge in [0, 0.05) is 59.8 Å². The van der Waals surface area contributed by atoms with Crippen LogP contribution in [0, 0.1) is 0 Å². The Kier molecular flexibility index (Phi) is 5.23. The van der Waals surface area contributed by atoms with Gasteiger partial charge in [0.1, 0.15) is 5.75 Å². The van der Waals surface area contributed by atoms with E-state index in [1.165, 1.54) is 0 Å². The lowest BCUT2D eigenvalue weighted by molar-refractivity contribution is 0.104. The Morgan fingerprint density at radius 1 is 0.933 bits per heavy atom. The minimum absolute atomic E-state index is 0.0647. The summed E-state index contributed by atoms with van der Waals surface area (Å²) in [5, 5.41) is 1.88. The van der Waals surface area contributed by atoms with Crippen LogP contribution >= 0.6 is 0 Å². The number of likely N-dealkylation sites (N-methyl/N-ethyl adjacent to an activating group) is 1. The fraction of sp³-hybridized carbons (Fsp3) is 0.360. The molecule has 3 aromatic rings. The van der Waals surface area contributed by atoms with Gasteiger partial charge in [0.2, 0.25) is 0 Å². The second-order valence-corrected chi connectivity index (χ2v) is 8.27. The first-order valence-corrected chi connectivity index (χ1v) is 10.8. The first-order chi connectivity index (χ1) is 14.7. The average Bonchev–Trinajstić information content (AvgIpc) is 2.79. The number of pyridine rings is 1. The number of hydrogen-bond donors (Lipinski definition) is 0. The predicted molar refractivity (Wildman–Crippen MR) is 119 cm³/mol. The van der Waals surface area contributed by atoms with Gasteiger partial charge in [0.05, 0.1) is 12.3 Å². The molecule has 0 radical (unpaired) electrons. The number of aromatic nitrogens is 1. The van der Waals surface area contributed by atoms with E-state index in [2.05, 4.69) is 21.8 Å². The maximum Gasteiger partial charge on any atom is 0.194 e. The van der Waals surface area contributed by atoms with E-state index in [-0.39, 0.29) is 5.78 Å². The van der Waals surface area contributed by atoms with E-state index in [1.54, 1.807) is 0 Å². The van der Waals surface area contributed by atoms with Crippen LogP contribution in [0.1, 0.15) is 28.8 Å². The second kappa shape index (κ2) is 8.17. The number of carbonyl (C=O) groups excluding carboxylic acids is 1. The van der Waals surface area contributed by atoms with Crippen molar-refractivity contribution in [3.05, 3.63) is 59.8 Å². The van der Waals surface area contributed by atoms with Gasteiger partial charge in [-0.15, -0.1) is 0 Å². The summed E-state index contributed by atoms with van der Waals surface area (Å²) in [5.41, 5.74) is 3.22. The molecule has 154 valence electrons. The molecule has 1 aromatic heterocycles. The molecule has 1 aliphatic carbocycles. The van der Waals surface area contributed by atoms with Gasteiger partial charge in [0.15, 0.2) is 5.78 Å². The Labute approximate surface area is 177 Å². The van der Waals surface area contributed by atoms with Crippen molar-refractivity contribution in [3.8, 4) is 17.0 Å². The van der Waals surface area contributed by atoms with Crippen molar-refractivity contribution < 1.29 is 9.53 Å². The number of fused-ring (bicyclic) bond motifs is 2. The van der Waals surface area contributed by atoms with E-state index in [0.717, 1.165) is 78.9 Å². The van der Waals surface area contributed by atoms with E-state index >= 15 is 0 Å². The van der Waals surface area contributed by atoms with Gasteiger partial charge in [-0.25, -0.2) is 0 Å². The largest absolute Gasteiger partial charge is 0.493 e. The molecule has 0 bridgehead atoms. The number of unbranched alkanes of at least 4 members (excludes halogenated alkanes) is 1. The number of piperazine rings is 1. The molecule has 2 heterocycles. The lowest BCUT2D eigenvalue weighted by atomic mass is 9.85. The van der Waals surface area contributed by atoms with Gasteiger partial charge in [-0.05, 0) is 44.6 Å². The summed E-state index contributed by atoms with van der Waals surface area (Å²) < 4.78 is 6.16.